The summed E-state index contributed by atoms with van der Waals surface area (Å²) in [5, 5.41) is 7.63. The number of hydrogen-bond donors (Lipinski definition) is 1. The van der Waals surface area contributed by atoms with Gasteiger partial charge < -0.3 is 5.32 Å². The standard InChI is InChI=1S/C16H15F3N4S/c1-10-8-12(23-7-3-6-21-23)4-5-13(10)20-9-14-15(16(17,18)19)22-11(2)24-14/h3-8,20H,9H2,1-2H3. The number of aromatic nitrogens is 3. The Kier molecular flexibility index (Phi) is 4.31. The first kappa shape index (κ1) is 16.5. The monoisotopic (exact) mass is 352 g/mol. The van der Waals surface area contributed by atoms with Crippen LogP contribution in [0.3, 0.4) is 0 Å². The third-order valence-corrected chi connectivity index (χ3v) is 4.46. The summed E-state index contributed by atoms with van der Waals surface area (Å²) in [6.07, 6.45) is -0.912. The molecule has 0 aliphatic heterocycles. The number of anilines is 1. The van der Waals surface area contributed by atoms with Crippen LogP contribution >= 0.6 is 11.3 Å². The van der Waals surface area contributed by atoms with E-state index >= 15 is 0 Å². The van der Waals surface area contributed by atoms with Gasteiger partial charge in [-0.2, -0.15) is 18.3 Å². The molecule has 0 radical (unpaired) electrons. The third-order valence-electron chi connectivity index (χ3n) is 3.49. The van der Waals surface area contributed by atoms with Crippen molar-refractivity contribution in [3.8, 4) is 5.69 Å². The van der Waals surface area contributed by atoms with Gasteiger partial charge in [-0.1, -0.05) is 0 Å². The Morgan fingerprint density at radius 2 is 2.04 bits per heavy atom. The van der Waals surface area contributed by atoms with Gasteiger partial charge in [0.2, 0.25) is 0 Å². The van der Waals surface area contributed by atoms with E-state index in [1.165, 1.54) is 0 Å². The minimum absolute atomic E-state index is 0.0856. The first-order chi connectivity index (χ1) is 11.3. The largest absolute Gasteiger partial charge is 0.434 e. The van der Waals surface area contributed by atoms with Crippen molar-refractivity contribution >= 4 is 17.0 Å². The summed E-state index contributed by atoms with van der Waals surface area (Å²) in [6, 6.07) is 7.46. The van der Waals surface area contributed by atoms with Crippen molar-refractivity contribution in [2.75, 3.05) is 5.32 Å². The van der Waals surface area contributed by atoms with Crippen LogP contribution in [-0.2, 0) is 12.7 Å². The van der Waals surface area contributed by atoms with Gasteiger partial charge in [-0.15, -0.1) is 11.3 Å². The van der Waals surface area contributed by atoms with Gasteiger partial charge in [0.15, 0.2) is 5.69 Å². The number of nitrogens with one attached hydrogen (secondary N) is 1. The maximum absolute atomic E-state index is 13.0. The minimum Gasteiger partial charge on any atom is -0.380 e. The van der Waals surface area contributed by atoms with Crippen molar-refractivity contribution in [1.29, 1.82) is 0 Å². The van der Waals surface area contributed by atoms with Crippen LogP contribution in [0, 0.1) is 13.8 Å². The molecule has 126 valence electrons. The first-order valence-corrected chi connectivity index (χ1v) is 8.04. The van der Waals surface area contributed by atoms with Gasteiger partial charge in [-0.3, -0.25) is 0 Å². The molecule has 0 amide bonds. The fourth-order valence-electron chi connectivity index (χ4n) is 2.40. The average Bonchev–Trinajstić information content (AvgIpc) is 3.14. The highest BCUT2D eigenvalue weighted by molar-refractivity contribution is 7.11. The molecule has 0 unspecified atom stereocenters. The van der Waals surface area contributed by atoms with E-state index in [1.807, 2.05) is 37.4 Å². The molecule has 1 N–H and O–H groups in total. The summed E-state index contributed by atoms with van der Waals surface area (Å²) < 4.78 is 40.7. The van der Waals surface area contributed by atoms with Gasteiger partial charge in [0.05, 0.1) is 22.1 Å². The topological polar surface area (TPSA) is 42.7 Å². The summed E-state index contributed by atoms with van der Waals surface area (Å²) in [4.78, 5) is 3.80. The molecule has 0 saturated carbocycles. The lowest BCUT2D eigenvalue weighted by Crippen LogP contribution is -2.11. The molecule has 0 fully saturated rings. The fourth-order valence-corrected chi connectivity index (χ4v) is 3.29. The first-order valence-electron chi connectivity index (χ1n) is 7.22. The van der Waals surface area contributed by atoms with Crippen molar-refractivity contribution < 1.29 is 13.2 Å². The molecule has 24 heavy (non-hydrogen) atoms. The molecule has 0 atom stereocenters. The molecular weight excluding hydrogens is 337 g/mol. The summed E-state index contributed by atoms with van der Waals surface area (Å²) in [5.74, 6) is 0. The van der Waals surface area contributed by atoms with Crippen LogP contribution in [0.2, 0.25) is 0 Å². The predicted octanol–water partition coefficient (Wildman–Crippen LogP) is 4.58. The number of aryl methyl sites for hydroxylation is 2. The zero-order chi connectivity index (χ0) is 17.3. The SMILES string of the molecule is Cc1nc(C(F)(F)F)c(CNc2ccc(-n3cccn3)cc2C)s1. The van der Waals surface area contributed by atoms with Gasteiger partial charge in [0, 0.05) is 18.1 Å². The molecule has 0 bridgehead atoms. The number of halogens is 3. The Morgan fingerprint density at radius 1 is 1.25 bits per heavy atom. The number of nitrogens with zero attached hydrogens (tertiary/aromatic N) is 3. The van der Waals surface area contributed by atoms with Crippen LogP contribution in [0.4, 0.5) is 18.9 Å². The second-order valence-corrected chi connectivity index (χ2v) is 6.59. The maximum Gasteiger partial charge on any atom is 0.434 e. The van der Waals surface area contributed by atoms with E-state index in [2.05, 4.69) is 15.4 Å². The van der Waals surface area contributed by atoms with Gasteiger partial charge in [0.25, 0.3) is 0 Å². The molecular formula is C16H15F3N4S. The molecule has 0 aliphatic rings. The van der Waals surface area contributed by atoms with E-state index in [0.29, 0.717) is 5.01 Å². The second kappa shape index (κ2) is 6.27. The molecule has 0 aliphatic carbocycles. The second-order valence-electron chi connectivity index (χ2n) is 5.31. The zero-order valence-electron chi connectivity index (χ0n) is 13.1. The van der Waals surface area contributed by atoms with Crippen LogP contribution in [0.5, 0.6) is 0 Å². The summed E-state index contributed by atoms with van der Waals surface area (Å²) >= 11 is 1.06. The zero-order valence-corrected chi connectivity index (χ0v) is 13.9. The molecule has 2 aromatic heterocycles. The number of benzene rings is 1. The molecule has 3 aromatic rings. The number of rotatable bonds is 4. The van der Waals surface area contributed by atoms with Crippen LogP contribution < -0.4 is 5.32 Å². The van der Waals surface area contributed by atoms with Crippen LogP contribution in [0.25, 0.3) is 5.69 Å². The summed E-state index contributed by atoms with van der Waals surface area (Å²) in [7, 11) is 0. The predicted molar refractivity (Wildman–Crippen MR) is 87.5 cm³/mol. The van der Waals surface area contributed by atoms with Crippen LogP contribution in [0.15, 0.2) is 36.7 Å². The highest BCUT2D eigenvalue weighted by Gasteiger charge is 2.36. The smallest absolute Gasteiger partial charge is 0.380 e. The van der Waals surface area contributed by atoms with Crippen molar-refractivity contribution in [1.82, 2.24) is 14.8 Å². The van der Waals surface area contributed by atoms with Gasteiger partial charge in [-0.25, -0.2) is 9.67 Å². The van der Waals surface area contributed by atoms with E-state index in [0.717, 1.165) is 28.3 Å². The highest BCUT2D eigenvalue weighted by atomic mass is 32.1. The lowest BCUT2D eigenvalue weighted by molar-refractivity contribution is -0.141. The van der Waals surface area contributed by atoms with Crippen LogP contribution in [0.1, 0.15) is 21.1 Å². The summed E-state index contributed by atoms with van der Waals surface area (Å²) in [6.45, 7) is 3.56. The third kappa shape index (κ3) is 3.43. The Labute approximate surface area is 141 Å². The number of thiazole rings is 1. The van der Waals surface area contributed by atoms with E-state index in [1.54, 1.807) is 17.8 Å². The normalized spacial score (nSPS) is 11.7. The van der Waals surface area contributed by atoms with E-state index in [9.17, 15) is 13.2 Å². The molecule has 2 heterocycles. The van der Waals surface area contributed by atoms with Gasteiger partial charge in [-0.05, 0) is 43.7 Å². The molecule has 4 nitrogen and oxygen atoms in total. The Balaban J connectivity index is 1.78. The quantitative estimate of drug-likeness (QED) is 0.748. The average molecular weight is 352 g/mol. The highest BCUT2D eigenvalue weighted by Crippen LogP contribution is 2.34. The van der Waals surface area contributed by atoms with Crippen molar-refractivity contribution in [2.45, 2.75) is 26.6 Å². The van der Waals surface area contributed by atoms with E-state index < -0.39 is 11.9 Å². The summed E-state index contributed by atoms with van der Waals surface area (Å²) in [5.41, 5.74) is 1.80. The van der Waals surface area contributed by atoms with Crippen molar-refractivity contribution in [3.05, 3.63) is 57.8 Å². The fraction of sp³-hybridized carbons (Fsp3) is 0.250. The number of hydrogen-bond acceptors (Lipinski definition) is 4. The van der Waals surface area contributed by atoms with E-state index in [4.69, 9.17) is 0 Å². The maximum atomic E-state index is 13.0. The van der Waals surface area contributed by atoms with E-state index in [-0.39, 0.29) is 11.4 Å². The molecule has 8 heteroatoms. The molecule has 0 saturated heterocycles. The number of alkyl halides is 3. The Hall–Kier alpha value is -2.35. The molecule has 1 aromatic carbocycles. The van der Waals surface area contributed by atoms with Crippen molar-refractivity contribution in [3.63, 3.8) is 0 Å². The Morgan fingerprint density at radius 3 is 2.67 bits per heavy atom. The van der Waals surface area contributed by atoms with Gasteiger partial charge >= 0.3 is 6.18 Å². The van der Waals surface area contributed by atoms with Crippen LogP contribution in [-0.4, -0.2) is 14.8 Å². The van der Waals surface area contributed by atoms with Gasteiger partial charge in [0.1, 0.15) is 0 Å². The van der Waals surface area contributed by atoms with Crippen molar-refractivity contribution in [2.24, 2.45) is 0 Å². The lowest BCUT2D eigenvalue weighted by atomic mass is 10.1. The Bertz CT molecular complexity index is 838. The molecule has 0 spiro atoms. The molecule has 3 rings (SSSR count). The lowest BCUT2D eigenvalue weighted by Gasteiger charge is -2.12. The minimum atomic E-state index is -4.43.